The average molecular weight is 469 g/mol. The van der Waals surface area contributed by atoms with Gasteiger partial charge in [0.1, 0.15) is 0 Å². The van der Waals surface area contributed by atoms with E-state index in [-0.39, 0.29) is 24.0 Å². The van der Waals surface area contributed by atoms with Crippen LogP contribution in [-0.4, -0.2) is 48.6 Å². The third-order valence-electron chi connectivity index (χ3n) is 3.60. The van der Waals surface area contributed by atoms with Crippen molar-refractivity contribution in [2.75, 3.05) is 37.8 Å². The molecular weight excluding hydrogens is 441 g/mol. The molecule has 0 spiro atoms. The van der Waals surface area contributed by atoms with Gasteiger partial charge in [0.05, 0.1) is 12.2 Å². The van der Waals surface area contributed by atoms with Crippen molar-refractivity contribution in [3.63, 3.8) is 0 Å². The molecule has 1 aromatic heterocycles. The van der Waals surface area contributed by atoms with Crippen LogP contribution in [0.15, 0.2) is 10.4 Å². The van der Waals surface area contributed by atoms with Crippen molar-refractivity contribution in [1.82, 2.24) is 15.6 Å². The molecule has 0 amide bonds. The molecule has 2 heterocycles. The number of halogens is 1. The summed E-state index contributed by atoms with van der Waals surface area (Å²) in [7, 11) is 4.02. The lowest BCUT2D eigenvalue weighted by Gasteiger charge is -2.24. The Morgan fingerprint density at radius 3 is 2.78 bits per heavy atom. The molecule has 0 saturated carbocycles. The fraction of sp³-hybridized carbons (Fsp3) is 0.733. The number of rotatable bonds is 6. The van der Waals surface area contributed by atoms with Crippen molar-refractivity contribution in [1.29, 1.82) is 0 Å². The van der Waals surface area contributed by atoms with E-state index in [1.807, 2.05) is 19.0 Å². The third-order valence-corrected chi connectivity index (χ3v) is 6.19. The van der Waals surface area contributed by atoms with E-state index >= 15 is 0 Å². The molecule has 1 fully saturated rings. The van der Waals surface area contributed by atoms with Crippen LogP contribution in [0.25, 0.3) is 0 Å². The normalized spacial score (nSPS) is 21.0. The summed E-state index contributed by atoms with van der Waals surface area (Å²) < 4.78 is 0.342. The molecule has 1 unspecified atom stereocenters. The number of thiazole rings is 1. The van der Waals surface area contributed by atoms with Crippen molar-refractivity contribution in [2.24, 2.45) is 4.99 Å². The van der Waals surface area contributed by atoms with Crippen molar-refractivity contribution >= 4 is 58.2 Å². The van der Waals surface area contributed by atoms with Gasteiger partial charge in [-0.1, -0.05) is 0 Å². The Bertz CT molecular complexity index is 498. The maximum Gasteiger partial charge on any atom is 0.191 e. The lowest BCUT2D eigenvalue weighted by Crippen LogP contribution is -2.43. The van der Waals surface area contributed by atoms with Gasteiger partial charge in [0.25, 0.3) is 0 Å². The minimum Gasteiger partial charge on any atom is -0.357 e. The van der Waals surface area contributed by atoms with E-state index < -0.39 is 0 Å². The maximum atomic E-state index is 4.66. The predicted molar refractivity (Wildman–Crippen MR) is 115 cm³/mol. The van der Waals surface area contributed by atoms with E-state index in [1.54, 1.807) is 11.3 Å². The van der Waals surface area contributed by atoms with Crippen LogP contribution >= 0.6 is 47.1 Å². The second kappa shape index (κ2) is 9.93. The average Bonchev–Trinajstić information content (AvgIpc) is 3.11. The Hall–Kier alpha value is -0.220. The second-order valence-corrected chi connectivity index (χ2v) is 8.49. The number of aliphatic imine (C=N–C) groups is 1. The number of aromatic nitrogens is 1. The van der Waals surface area contributed by atoms with Crippen LogP contribution in [0.4, 0.5) is 5.13 Å². The molecule has 0 aliphatic carbocycles. The van der Waals surface area contributed by atoms with Crippen LogP contribution in [-0.2, 0) is 6.54 Å². The zero-order chi connectivity index (χ0) is 16.0. The SMILES string of the molecule is CCNC(=NCc1csc(N(C)C)n1)NCC1(C)CCCS1.I. The van der Waals surface area contributed by atoms with Crippen LogP contribution in [0.2, 0.25) is 0 Å². The minimum absolute atomic E-state index is 0. The Morgan fingerprint density at radius 1 is 1.43 bits per heavy atom. The summed E-state index contributed by atoms with van der Waals surface area (Å²) in [5.74, 6) is 2.16. The largest absolute Gasteiger partial charge is 0.357 e. The number of nitrogens with zero attached hydrogens (tertiary/aromatic N) is 3. The Morgan fingerprint density at radius 2 is 2.22 bits per heavy atom. The van der Waals surface area contributed by atoms with Crippen molar-refractivity contribution < 1.29 is 0 Å². The van der Waals surface area contributed by atoms with Gasteiger partial charge in [-0.2, -0.15) is 11.8 Å². The molecule has 1 aromatic rings. The highest BCUT2D eigenvalue weighted by molar-refractivity contribution is 14.0. The highest BCUT2D eigenvalue weighted by atomic mass is 127. The molecule has 2 rings (SSSR count). The van der Waals surface area contributed by atoms with Crippen LogP contribution in [0.5, 0.6) is 0 Å². The smallest absolute Gasteiger partial charge is 0.191 e. The number of anilines is 1. The van der Waals surface area contributed by atoms with Gasteiger partial charge in [0.15, 0.2) is 11.1 Å². The summed E-state index contributed by atoms with van der Waals surface area (Å²) >= 11 is 3.72. The van der Waals surface area contributed by atoms with Crippen molar-refractivity contribution in [2.45, 2.75) is 38.0 Å². The van der Waals surface area contributed by atoms with Gasteiger partial charge in [-0.3, -0.25) is 0 Å². The van der Waals surface area contributed by atoms with E-state index in [4.69, 9.17) is 0 Å². The van der Waals surface area contributed by atoms with E-state index in [0.717, 1.165) is 29.9 Å². The molecule has 8 heteroatoms. The van der Waals surface area contributed by atoms with Gasteiger partial charge in [0, 0.05) is 37.3 Å². The van der Waals surface area contributed by atoms with Gasteiger partial charge in [-0.05, 0) is 32.4 Å². The molecule has 2 N–H and O–H groups in total. The number of guanidine groups is 1. The fourth-order valence-electron chi connectivity index (χ4n) is 2.32. The first-order valence-corrected chi connectivity index (χ1v) is 9.67. The third kappa shape index (κ3) is 6.66. The van der Waals surface area contributed by atoms with Crippen LogP contribution in [0, 0.1) is 0 Å². The Kier molecular flexibility index (Phi) is 8.99. The molecule has 0 bridgehead atoms. The number of hydrogen-bond donors (Lipinski definition) is 2. The van der Waals surface area contributed by atoms with E-state index in [1.165, 1.54) is 18.6 Å². The molecule has 1 saturated heterocycles. The summed E-state index contributed by atoms with van der Waals surface area (Å²) in [6.45, 7) is 6.88. The number of nitrogens with one attached hydrogen (secondary N) is 2. The van der Waals surface area contributed by atoms with Gasteiger partial charge in [-0.25, -0.2) is 9.98 Å². The first-order chi connectivity index (χ1) is 10.5. The Balaban J connectivity index is 0.00000264. The van der Waals surface area contributed by atoms with Crippen LogP contribution in [0.3, 0.4) is 0 Å². The van der Waals surface area contributed by atoms with Crippen molar-refractivity contribution in [3.8, 4) is 0 Å². The number of hydrogen-bond acceptors (Lipinski definition) is 5. The van der Waals surface area contributed by atoms with Crippen LogP contribution < -0.4 is 15.5 Å². The summed E-state index contributed by atoms with van der Waals surface area (Å²) in [5.41, 5.74) is 1.02. The first-order valence-electron chi connectivity index (χ1n) is 7.80. The predicted octanol–water partition coefficient (Wildman–Crippen LogP) is 3.17. The van der Waals surface area contributed by atoms with Gasteiger partial charge in [-0.15, -0.1) is 35.3 Å². The summed E-state index contributed by atoms with van der Waals surface area (Å²) in [5, 5.41) is 9.91. The standard InChI is InChI=1S/C15H27N5S2.HI/c1-5-16-13(18-11-15(2)7-6-8-22-15)17-9-12-10-21-14(19-12)20(3)4;/h10H,5-9,11H2,1-4H3,(H2,16,17,18);1H. The van der Waals surface area contributed by atoms with Crippen molar-refractivity contribution in [3.05, 3.63) is 11.1 Å². The molecular formula is C15H28IN5S2. The molecule has 1 atom stereocenters. The lowest BCUT2D eigenvalue weighted by atomic mass is 10.1. The second-order valence-electron chi connectivity index (χ2n) is 5.97. The van der Waals surface area contributed by atoms with Crippen LogP contribution in [0.1, 0.15) is 32.4 Å². The first kappa shape index (κ1) is 20.8. The number of thioether (sulfide) groups is 1. The van der Waals surface area contributed by atoms with E-state index in [0.29, 0.717) is 11.3 Å². The zero-order valence-corrected chi connectivity index (χ0v) is 18.3. The Labute approximate surface area is 165 Å². The monoisotopic (exact) mass is 469 g/mol. The lowest BCUT2D eigenvalue weighted by molar-refractivity contribution is 0.584. The quantitative estimate of drug-likeness (QED) is 0.381. The van der Waals surface area contributed by atoms with Gasteiger partial charge in [0.2, 0.25) is 0 Å². The maximum absolute atomic E-state index is 4.66. The zero-order valence-electron chi connectivity index (χ0n) is 14.4. The highest BCUT2D eigenvalue weighted by Gasteiger charge is 2.29. The molecule has 1 aliphatic heterocycles. The minimum atomic E-state index is 0. The molecule has 5 nitrogen and oxygen atoms in total. The summed E-state index contributed by atoms with van der Waals surface area (Å²) in [6.07, 6.45) is 2.60. The topological polar surface area (TPSA) is 52.6 Å². The molecule has 0 aromatic carbocycles. The van der Waals surface area contributed by atoms with Gasteiger partial charge < -0.3 is 15.5 Å². The molecule has 132 valence electrons. The van der Waals surface area contributed by atoms with E-state index in [9.17, 15) is 0 Å². The molecule has 23 heavy (non-hydrogen) atoms. The highest BCUT2D eigenvalue weighted by Crippen LogP contribution is 2.36. The fourth-order valence-corrected chi connectivity index (χ4v) is 4.32. The van der Waals surface area contributed by atoms with E-state index in [2.05, 4.69) is 51.6 Å². The van der Waals surface area contributed by atoms with Gasteiger partial charge >= 0.3 is 0 Å². The molecule has 0 radical (unpaired) electrons. The summed E-state index contributed by atoms with van der Waals surface area (Å²) in [4.78, 5) is 11.3. The molecule has 1 aliphatic rings. The summed E-state index contributed by atoms with van der Waals surface area (Å²) in [6, 6.07) is 0.